The van der Waals surface area contributed by atoms with Crippen LogP contribution < -0.4 is 10.1 Å². The van der Waals surface area contributed by atoms with Gasteiger partial charge in [-0.25, -0.2) is 4.79 Å². The number of aromatic nitrogens is 3. The normalized spacial score (nSPS) is 10.8. The number of carbonyl (C=O) groups excluding carboxylic acids is 2. The van der Waals surface area contributed by atoms with Gasteiger partial charge in [0.1, 0.15) is 10.8 Å². The van der Waals surface area contributed by atoms with Crippen molar-refractivity contribution in [3.05, 3.63) is 39.2 Å². The van der Waals surface area contributed by atoms with Crippen LogP contribution in [0.2, 0.25) is 5.02 Å². The molecule has 0 bridgehead atoms. The molecule has 11 heteroatoms. The molecule has 3 aromatic rings. The lowest BCUT2D eigenvalue weighted by molar-refractivity contribution is -0.113. The third-order valence-electron chi connectivity index (χ3n) is 4.69. The SMILES string of the molecule is CCOC(=O)c1c(NC(=O)CSc2nnc(-c3cc(Cl)ccc3OC)n2C)sc(C)c1C. The minimum Gasteiger partial charge on any atom is -0.496 e. The lowest BCUT2D eigenvalue weighted by atomic mass is 10.1. The molecule has 0 spiro atoms. The molecular formula is C21H23ClN4O4S2. The number of halogens is 1. The van der Waals surface area contributed by atoms with Crippen molar-refractivity contribution in [2.24, 2.45) is 7.05 Å². The first kappa shape index (κ1) is 24.1. The molecule has 0 radical (unpaired) electrons. The molecule has 0 unspecified atom stereocenters. The van der Waals surface area contributed by atoms with Crippen molar-refractivity contribution < 1.29 is 19.1 Å². The van der Waals surface area contributed by atoms with E-state index >= 15 is 0 Å². The van der Waals surface area contributed by atoms with E-state index in [-0.39, 0.29) is 18.3 Å². The zero-order valence-corrected chi connectivity index (χ0v) is 20.7. The highest BCUT2D eigenvalue weighted by Gasteiger charge is 2.22. The second kappa shape index (κ2) is 10.4. The molecule has 8 nitrogen and oxygen atoms in total. The Morgan fingerprint density at radius 1 is 1.28 bits per heavy atom. The van der Waals surface area contributed by atoms with Crippen LogP contribution in [0.3, 0.4) is 0 Å². The number of amides is 1. The summed E-state index contributed by atoms with van der Waals surface area (Å²) < 4.78 is 12.3. The van der Waals surface area contributed by atoms with E-state index in [0.717, 1.165) is 10.4 Å². The lowest BCUT2D eigenvalue weighted by Gasteiger charge is -2.09. The summed E-state index contributed by atoms with van der Waals surface area (Å²) in [6.45, 7) is 5.75. The number of thioether (sulfide) groups is 1. The molecule has 0 saturated heterocycles. The number of rotatable bonds is 8. The lowest BCUT2D eigenvalue weighted by Crippen LogP contribution is -2.16. The fourth-order valence-electron chi connectivity index (χ4n) is 2.99. The van der Waals surface area contributed by atoms with Gasteiger partial charge < -0.3 is 19.4 Å². The minimum atomic E-state index is -0.439. The largest absolute Gasteiger partial charge is 0.496 e. The van der Waals surface area contributed by atoms with Crippen molar-refractivity contribution >= 4 is 51.6 Å². The van der Waals surface area contributed by atoms with Gasteiger partial charge in [-0.15, -0.1) is 21.5 Å². The first-order valence-corrected chi connectivity index (χ1v) is 11.9. The first-order valence-electron chi connectivity index (χ1n) is 9.69. The molecule has 0 saturated carbocycles. The summed E-state index contributed by atoms with van der Waals surface area (Å²) in [7, 11) is 3.38. The van der Waals surface area contributed by atoms with E-state index in [4.69, 9.17) is 21.1 Å². The van der Waals surface area contributed by atoms with Gasteiger partial charge in [0.25, 0.3) is 0 Å². The van der Waals surface area contributed by atoms with Crippen molar-refractivity contribution in [3.8, 4) is 17.1 Å². The average Bonchev–Trinajstić information content (AvgIpc) is 3.25. The Balaban J connectivity index is 1.73. The van der Waals surface area contributed by atoms with E-state index in [1.165, 1.54) is 23.1 Å². The Morgan fingerprint density at radius 3 is 2.72 bits per heavy atom. The number of benzene rings is 1. The van der Waals surface area contributed by atoms with E-state index in [0.29, 0.717) is 37.9 Å². The van der Waals surface area contributed by atoms with Gasteiger partial charge in [-0.1, -0.05) is 23.4 Å². The molecule has 2 aromatic heterocycles. The molecule has 0 aliphatic rings. The summed E-state index contributed by atoms with van der Waals surface area (Å²) in [6.07, 6.45) is 0. The smallest absolute Gasteiger partial charge is 0.341 e. The van der Waals surface area contributed by atoms with E-state index in [2.05, 4.69) is 15.5 Å². The van der Waals surface area contributed by atoms with Gasteiger partial charge in [-0.3, -0.25) is 4.79 Å². The number of hydrogen-bond donors (Lipinski definition) is 1. The highest BCUT2D eigenvalue weighted by atomic mass is 35.5. The van der Waals surface area contributed by atoms with Crippen LogP contribution in [-0.4, -0.2) is 46.1 Å². The monoisotopic (exact) mass is 494 g/mol. The van der Waals surface area contributed by atoms with Crippen LogP contribution in [0.1, 0.15) is 27.7 Å². The number of esters is 1. The third kappa shape index (κ3) is 5.08. The number of nitrogens with zero attached hydrogens (tertiary/aromatic N) is 3. The Kier molecular flexibility index (Phi) is 7.81. The zero-order chi connectivity index (χ0) is 23.4. The molecule has 170 valence electrons. The standard InChI is InChI=1S/C21H23ClN4O4S2/c1-6-30-20(28)17-11(2)12(3)32-19(17)23-16(27)10-31-21-25-24-18(26(21)4)14-9-13(22)7-8-15(14)29-5/h7-9H,6,10H2,1-5H3,(H,23,27). The summed E-state index contributed by atoms with van der Waals surface area (Å²) in [4.78, 5) is 25.9. The van der Waals surface area contributed by atoms with E-state index in [9.17, 15) is 9.59 Å². The van der Waals surface area contributed by atoms with Crippen molar-refractivity contribution in [2.45, 2.75) is 25.9 Å². The highest BCUT2D eigenvalue weighted by Crippen LogP contribution is 2.34. The number of carbonyl (C=O) groups is 2. The second-order valence-electron chi connectivity index (χ2n) is 6.75. The van der Waals surface area contributed by atoms with Crippen molar-refractivity contribution in [1.29, 1.82) is 0 Å². The number of nitrogens with one attached hydrogen (secondary N) is 1. The van der Waals surface area contributed by atoms with Gasteiger partial charge >= 0.3 is 5.97 Å². The molecular weight excluding hydrogens is 472 g/mol. The number of hydrogen-bond acceptors (Lipinski definition) is 8. The Hall–Kier alpha value is -2.56. The minimum absolute atomic E-state index is 0.0942. The summed E-state index contributed by atoms with van der Waals surface area (Å²) in [6, 6.07) is 5.25. The van der Waals surface area contributed by atoms with Crippen LogP contribution in [0.5, 0.6) is 5.75 Å². The van der Waals surface area contributed by atoms with Crippen LogP contribution in [0.15, 0.2) is 23.4 Å². The van der Waals surface area contributed by atoms with Gasteiger partial charge in [0.15, 0.2) is 11.0 Å². The molecule has 1 aromatic carbocycles. The predicted molar refractivity (Wildman–Crippen MR) is 127 cm³/mol. The highest BCUT2D eigenvalue weighted by molar-refractivity contribution is 7.99. The average molecular weight is 495 g/mol. The molecule has 0 aliphatic carbocycles. The van der Waals surface area contributed by atoms with Crippen LogP contribution in [0, 0.1) is 13.8 Å². The molecule has 1 N–H and O–H groups in total. The summed E-state index contributed by atoms with van der Waals surface area (Å²) in [5.74, 6) is 0.588. The molecule has 1 amide bonds. The van der Waals surface area contributed by atoms with Crippen LogP contribution in [0.4, 0.5) is 5.00 Å². The van der Waals surface area contributed by atoms with Crippen molar-refractivity contribution in [2.75, 3.05) is 24.8 Å². The predicted octanol–water partition coefficient (Wildman–Crippen LogP) is 4.73. The topological polar surface area (TPSA) is 95.3 Å². The fourth-order valence-corrected chi connectivity index (χ4v) is 4.93. The van der Waals surface area contributed by atoms with Gasteiger partial charge in [-0.2, -0.15) is 0 Å². The Bertz CT molecular complexity index is 1160. The Morgan fingerprint density at radius 2 is 2.03 bits per heavy atom. The molecule has 2 heterocycles. The summed E-state index contributed by atoms with van der Waals surface area (Å²) in [5.41, 5.74) is 1.92. The maximum absolute atomic E-state index is 12.6. The molecule has 32 heavy (non-hydrogen) atoms. The number of methoxy groups -OCH3 is 1. The maximum atomic E-state index is 12.6. The fraction of sp³-hybridized carbons (Fsp3) is 0.333. The molecule has 0 atom stereocenters. The maximum Gasteiger partial charge on any atom is 0.341 e. The third-order valence-corrected chi connectivity index (χ3v) is 7.07. The van der Waals surface area contributed by atoms with Crippen LogP contribution >= 0.6 is 34.7 Å². The van der Waals surface area contributed by atoms with Gasteiger partial charge in [0.05, 0.1) is 30.6 Å². The van der Waals surface area contributed by atoms with Crippen LogP contribution in [-0.2, 0) is 16.6 Å². The number of thiophene rings is 1. The van der Waals surface area contributed by atoms with Crippen molar-refractivity contribution in [3.63, 3.8) is 0 Å². The first-order chi connectivity index (χ1) is 15.3. The van der Waals surface area contributed by atoms with E-state index in [1.807, 2.05) is 13.8 Å². The summed E-state index contributed by atoms with van der Waals surface area (Å²) >= 11 is 8.72. The number of ether oxygens (including phenoxy) is 2. The quantitative estimate of drug-likeness (QED) is 0.357. The number of aryl methyl sites for hydroxylation is 1. The molecule has 0 aliphatic heterocycles. The van der Waals surface area contributed by atoms with Crippen LogP contribution in [0.25, 0.3) is 11.4 Å². The second-order valence-corrected chi connectivity index (χ2v) is 9.36. The van der Waals surface area contributed by atoms with Gasteiger partial charge in [0.2, 0.25) is 5.91 Å². The van der Waals surface area contributed by atoms with E-state index in [1.54, 1.807) is 43.8 Å². The molecule has 0 fully saturated rings. The number of anilines is 1. The van der Waals surface area contributed by atoms with Gasteiger partial charge in [-0.05, 0) is 44.5 Å². The molecule has 3 rings (SSSR count). The summed E-state index contributed by atoms with van der Waals surface area (Å²) in [5, 5.41) is 12.9. The van der Waals surface area contributed by atoms with Crippen molar-refractivity contribution in [1.82, 2.24) is 14.8 Å². The van der Waals surface area contributed by atoms with Gasteiger partial charge in [0, 0.05) is 16.9 Å². The Labute approximate surface area is 199 Å². The zero-order valence-electron chi connectivity index (χ0n) is 18.3. The van der Waals surface area contributed by atoms with E-state index < -0.39 is 5.97 Å².